The van der Waals surface area contributed by atoms with Gasteiger partial charge in [0, 0.05) is 11.9 Å². The second-order valence-electron chi connectivity index (χ2n) is 3.73. The topological polar surface area (TPSA) is 24.9 Å². The van der Waals surface area contributed by atoms with E-state index in [1.165, 1.54) is 0 Å². The van der Waals surface area contributed by atoms with Gasteiger partial charge in [-0.25, -0.2) is 4.98 Å². The summed E-state index contributed by atoms with van der Waals surface area (Å²) in [6.07, 6.45) is 2.24. The van der Waals surface area contributed by atoms with E-state index >= 15 is 0 Å². The highest BCUT2D eigenvalue weighted by Gasteiger charge is 1.97. The first-order valence-electron chi connectivity index (χ1n) is 5.46. The molecular weight excluding hydrogens is 207 g/mol. The molecule has 0 saturated carbocycles. The molecule has 0 aliphatic carbocycles. The second-order valence-corrected chi connectivity index (χ2v) is 3.73. The maximum absolute atomic E-state index is 5.54. The van der Waals surface area contributed by atoms with Crippen molar-refractivity contribution >= 4 is 24.9 Å². The fourth-order valence-electron chi connectivity index (χ4n) is 1.49. The van der Waals surface area contributed by atoms with E-state index in [9.17, 15) is 0 Å². The smallest absolute Gasteiger partial charge is 0.130 e. The van der Waals surface area contributed by atoms with E-state index in [4.69, 9.17) is 7.85 Å². The van der Waals surface area contributed by atoms with Crippen molar-refractivity contribution in [3.05, 3.63) is 60.8 Å². The molecule has 0 unspecified atom stereocenters. The Balaban J connectivity index is 2.11. The first-order chi connectivity index (χ1) is 8.29. The van der Waals surface area contributed by atoms with Gasteiger partial charge >= 0.3 is 0 Å². The van der Waals surface area contributed by atoms with Crippen LogP contribution in [0.5, 0.6) is 0 Å². The number of allylic oxidation sites excluding steroid dienone is 1. The average Bonchev–Trinajstić information content (AvgIpc) is 2.40. The molecule has 0 amide bonds. The normalized spacial score (nSPS) is 9.88. The lowest BCUT2D eigenvalue weighted by molar-refractivity contribution is 1.31. The molecule has 0 fully saturated rings. The summed E-state index contributed by atoms with van der Waals surface area (Å²) < 4.78 is 0. The molecule has 0 aliphatic rings. The van der Waals surface area contributed by atoms with Crippen LogP contribution in [0.4, 0.5) is 11.5 Å². The zero-order chi connectivity index (χ0) is 12.1. The largest absolute Gasteiger partial charge is 0.340 e. The number of rotatable bonds is 4. The minimum atomic E-state index is 0.479. The van der Waals surface area contributed by atoms with Crippen LogP contribution in [0, 0.1) is 0 Å². The van der Waals surface area contributed by atoms with E-state index in [2.05, 4.69) is 16.9 Å². The van der Waals surface area contributed by atoms with Gasteiger partial charge in [0.25, 0.3) is 0 Å². The zero-order valence-corrected chi connectivity index (χ0v) is 9.56. The molecule has 1 N–H and O–H groups in total. The molecule has 2 radical (unpaired) electrons. The Morgan fingerprint density at radius 2 is 1.94 bits per heavy atom. The van der Waals surface area contributed by atoms with Crippen LogP contribution in [0.15, 0.2) is 55.2 Å². The number of pyridine rings is 1. The number of nitrogens with one attached hydrogen (secondary N) is 1. The van der Waals surface area contributed by atoms with Crippen molar-refractivity contribution in [1.82, 2.24) is 4.98 Å². The van der Waals surface area contributed by atoms with E-state index in [0.717, 1.165) is 22.6 Å². The number of nitrogens with zero attached hydrogens (tertiary/aromatic N) is 1. The molecule has 82 valence electrons. The summed E-state index contributed by atoms with van der Waals surface area (Å²) in [7, 11) is 5.54. The van der Waals surface area contributed by atoms with Crippen LogP contribution in [0.25, 0.3) is 5.57 Å². The van der Waals surface area contributed by atoms with Gasteiger partial charge in [0.1, 0.15) is 5.82 Å². The van der Waals surface area contributed by atoms with Gasteiger partial charge in [-0.15, -0.1) is 0 Å². The zero-order valence-electron chi connectivity index (χ0n) is 9.56. The van der Waals surface area contributed by atoms with E-state index in [1.807, 2.05) is 42.5 Å². The Kier molecular flexibility index (Phi) is 3.60. The number of anilines is 2. The number of hydrogen-bond donors (Lipinski definition) is 1. The van der Waals surface area contributed by atoms with Crippen LogP contribution in [0.2, 0.25) is 6.32 Å². The maximum Gasteiger partial charge on any atom is 0.130 e. The minimum Gasteiger partial charge on any atom is -0.340 e. The van der Waals surface area contributed by atoms with Crippen LogP contribution in [-0.4, -0.2) is 12.8 Å². The Labute approximate surface area is 103 Å². The standard InChI is InChI=1S/C14H13BN2/c1-11(10-15)12-5-7-13(8-6-12)17-14-4-2-3-9-16-14/h2-9H,1,10H2,(H,16,17). The van der Waals surface area contributed by atoms with Crippen molar-refractivity contribution in [3.63, 3.8) is 0 Å². The van der Waals surface area contributed by atoms with Crippen LogP contribution in [0.1, 0.15) is 5.56 Å². The number of benzene rings is 1. The van der Waals surface area contributed by atoms with Gasteiger partial charge in [-0.1, -0.05) is 36.7 Å². The van der Waals surface area contributed by atoms with E-state index in [1.54, 1.807) is 6.20 Å². The SMILES string of the molecule is [B]CC(=C)c1ccc(Nc2ccccn2)cc1. The lowest BCUT2D eigenvalue weighted by Gasteiger charge is -2.07. The van der Waals surface area contributed by atoms with Gasteiger partial charge in [-0.3, -0.25) is 0 Å². The average molecular weight is 220 g/mol. The highest BCUT2D eigenvalue weighted by molar-refractivity contribution is 6.14. The predicted molar refractivity (Wildman–Crippen MR) is 73.6 cm³/mol. The molecule has 0 spiro atoms. The fraction of sp³-hybridized carbons (Fsp3) is 0.0714. The summed E-state index contributed by atoms with van der Waals surface area (Å²) in [5.74, 6) is 0.831. The molecule has 3 heteroatoms. The predicted octanol–water partition coefficient (Wildman–Crippen LogP) is 3.43. The van der Waals surface area contributed by atoms with Crippen molar-refractivity contribution in [3.8, 4) is 0 Å². The fourth-order valence-corrected chi connectivity index (χ4v) is 1.49. The van der Waals surface area contributed by atoms with Gasteiger partial charge in [0.15, 0.2) is 0 Å². The molecule has 1 heterocycles. The van der Waals surface area contributed by atoms with Gasteiger partial charge in [0.2, 0.25) is 0 Å². The lowest BCUT2D eigenvalue weighted by Crippen LogP contribution is -1.92. The molecule has 1 aromatic carbocycles. The first kappa shape index (κ1) is 11.5. The molecule has 17 heavy (non-hydrogen) atoms. The monoisotopic (exact) mass is 220 g/mol. The minimum absolute atomic E-state index is 0.479. The summed E-state index contributed by atoms with van der Waals surface area (Å²) in [4.78, 5) is 4.20. The molecule has 1 aromatic heterocycles. The highest BCUT2D eigenvalue weighted by atomic mass is 15.0. The van der Waals surface area contributed by atoms with Crippen LogP contribution in [0.3, 0.4) is 0 Å². The first-order valence-corrected chi connectivity index (χ1v) is 5.46. The number of hydrogen-bond acceptors (Lipinski definition) is 2. The summed E-state index contributed by atoms with van der Waals surface area (Å²) in [6, 6.07) is 13.7. The molecule has 0 bridgehead atoms. The third kappa shape index (κ3) is 2.97. The molecule has 2 aromatic rings. The van der Waals surface area contributed by atoms with Gasteiger partial charge in [-0.2, -0.15) is 0 Å². The maximum atomic E-state index is 5.54. The Bertz CT molecular complexity index is 491. The Morgan fingerprint density at radius 1 is 1.18 bits per heavy atom. The van der Waals surface area contributed by atoms with E-state index < -0.39 is 0 Å². The third-order valence-electron chi connectivity index (χ3n) is 2.48. The van der Waals surface area contributed by atoms with Crippen molar-refractivity contribution in [2.45, 2.75) is 6.32 Å². The van der Waals surface area contributed by atoms with Crippen molar-refractivity contribution < 1.29 is 0 Å². The Morgan fingerprint density at radius 3 is 2.53 bits per heavy atom. The third-order valence-corrected chi connectivity index (χ3v) is 2.48. The van der Waals surface area contributed by atoms with E-state index in [0.29, 0.717) is 6.32 Å². The summed E-state index contributed by atoms with van der Waals surface area (Å²) >= 11 is 0. The Hall–Kier alpha value is -2.03. The number of aromatic nitrogens is 1. The quantitative estimate of drug-likeness (QED) is 0.798. The summed E-state index contributed by atoms with van der Waals surface area (Å²) in [6.45, 7) is 3.90. The molecule has 0 saturated heterocycles. The molecule has 2 rings (SSSR count). The molecule has 0 aliphatic heterocycles. The van der Waals surface area contributed by atoms with Crippen molar-refractivity contribution in [2.24, 2.45) is 0 Å². The van der Waals surface area contributed by atoms with Crippen molar-refractivity contribution in [2.75, 3.05) is 5.32 Å². The second kappa shape index (κ2) is 5.35. The van der Waals surface area contributed by atoms with Crippen LogP contribution in [-0.2, 0) is 0 Å². The summed E-state index contributed by atoms with van der Waals surface area (Å²) in [5.41, 5.74) is 3.01. The van der Waals surface area contributed by atoms with Crippen LogP contribution >= 0.6 is 0 Å². The van der Waals surface area contributed by atoms with Gasteiger partial charge < -0.3 is 5.32 Å². The summed E-state index contributed by atoms with van der Waals surface area (Å²) in [5, 5.41) is 3.22. The molecule has 2 nitrogen and oxygen atoms in total. The molecular formula is C14H13BN2. The lowest BCUT2D eigenvalue weighted by atomic mass is 9.93. The van der Waals surface area contributed by atoms with Crippen LogP contribution < -0.4 is 5.32 Å². The highest BCUT2D eigenvalue weighted by Crippen LogP contribution is 2.19. The van der Waals surface area contributed by atoms with E-state index in [-0.39, 0.29) is 0 Å². The van der Waals surface area contributed by atoms with Gasteiger partial charge in [0.05, 0.1) is 7.85 Å². The van der Waals surface area contributed by atoms with Crippen molar-refractivity contribution in [1.29, 1.82) is 0 Å². The van der Waals surface area contributed by atoms with Gasteiger partial charge in [-0.05, 0) is 29.8 Å². The molecule has 0 atom stereocenters.